The SMILES string of the molecule is CN1CCN(C(=O)c2ccc(-c3ccc4c(c3)COC(C3CCN(C(=O)c5ccccc5)CC3)O4)cn2)CC1. The average molecular weight is 527 g/mol. The predicted octanol–water partition coefficient (Wildman–Crippen LogP) is 3.92. The Balaban J connectivity index is 1.05. The van der Waals surface area contributed by atoms with Gasteiger partial charge >= 0.3 is 0 Å². The van der Waals surface area contributed by atoms with E-state index in [1.165, 1.54) is 0 Å². The van der Waals surface area contributed by atoms with Crippen LogP contribution < -0.4 is 4.74 Å². The fourth-order valence-electron chi connectivity index (χ4n) is 5.55. The molecule has 2 saturated heterocycles. The molecule has 1 unspecified atom stereocenters. The van der Waals surface area contributed by atoms with Gasteiger partial charge < -0.3 is 24.2 Å². The van der Waals surface area contributed by atoms with Gasteiger partial charge in [0, 0.05) is 68.1 Å². The van der Waals surface area contributed by atoms with E-state index in [4.69, 9.17) is 9.47 Å². The lowest BCUT2D eigenvalue weighted by molar-refractivity contribution is -0.148. The van der Waals surface area contributed by atoms with Gasteiger partial charge in [-0.15, -0.1) is 0 Å². The zero-order chi connectivity index (χ0) is 26.8. The molecule has 0 radical (unpaired) electrons. The molecule has 202 valence electrons. The number of rotatable bonds is 4. The first kappa shape index (κ1) is 25.5. The number of amides is 2. The maximum absolute atomic E-state index is 12.8. The number of pyridine rings is 1. The summed E-state index contributed by atoms with van der Waals surface area (Å²) in [6.45, 7) is 5.12. The fourth-order valence-corrected chi connectivity index (χ4v) is 5.55. The molecule has 0 aliphatic carbocycles. The zero-order valence-corrected chi connectivity index (χ0v) is 22.3. The number of aromatic nitrogens is 1. The van der Waals surface area contributed by atoms with E-state index in [1.54, 1.807) is 6.20 Å². The van der Waals surface area contributed by atoms with Gasteiger partial charge in [0.15, 0.2) is 0 Å². The number of carbonyl (C=O) groups excluding carboxylic acids is 2. The molecule has 0 saturated carbocycles. The molecule has 6 rings (SSSR count). The van der Waals surface area contributed by atoms with E-state index in [9.17, 15) is 9.59 Å². The fraction of sp³-hybridized carbons (Fsp3) is 0.387. The first-order valence-corrected chi connectivity index (χ1v) is 13.7. The van der Waals surface area contributed by atoms with Crippen LogP contribution in [0.15, 0.2) is 66.9 Å². The topological polar surface area (TPSA) is 75.2 Å². The minimum atomic E-state index is -0.307. The van der Waals surface area contributed by atoms with E-state index in [1.807, 2.05) is 64.4 Å². The van der Waals surface area contributed by atoms with Crippen molar-refractivity contribution in [2.24, 2.45) is 5.92 Å². The summed E-state index contributed by atoms with van der Waals surface area (Å²) in [6, 6.07) is 19.3. The minimum absolute atomic E-state index is 0.0109. The van der Waals surface area contributed by atoms with Crippen molar-refractivity contribution in [2.45, 2.75) is 25.7 Å². The summed E-state index contributed by atoms with van der Waals surface area (Å²) < 4.78 is 12.4. The molecule has 3 aromatic rings. The Labute approximate surface area is 229 Å². The molecule has 2 fully saturated rings. The lowest BCUT2D eigenvalue weighted by atomic mass is 9.95. The molecule has 1 atom stereocenters. The second-order valence-electron chi connectivity index (χ2n) is 10.6. The van der Waals surface area contributed by atoms with Gasteiger partial charge in [0.05, 0.1) is 6.61 Å². The number of nitrogens with zero attached hydrogens (tertiary/aromatic N) is 4. The lowest BCUT2D eigenvalue weighted by Gasteiger charge is -2.37. The molecule has 1 aromatic heterocycles. The minimum Gasteiger partial charge on any atom is -0.464 e. The summed E-state index contributed by atoms with van der Waals surface area (Å²) in [5, 5.41) is 0. The number of piperidine rings is 1. The Morgan fingerprint density at radius 2 is 1.54 bits per heavy atom. The molecule has 2 amide bonds. The van der Waals surface area contributed by atoms with E-state index in [-0.39, 0.29) is 24.0 Å². The van der Waals surface area contributed by atoms with Crippen molar-refractivity contribution in [1.82, 2.24) is 19.7 Å². The lowest BCUT2D eigenvalue weighted by Crippen LogP contribution is -2.47. The van der Waals surface area contributed by atoms with Gasteiger partial charge in [-0.05, 0) is 55.8 Å². The second kappa shape index (κ2) is 11.2. The van der Waals surface area contributed by atoms with Gasteiger partial charge in [-0.3, -0.25) is 14.6 Å². The van der Waals surface area contributed by atoms with Gasteiger partial charge in [0.2, 0.25) is 6.29 Å². The Bertz CT molecular complexity index is 1310. The summed E-state index contributed by atoms with van der Waals surface area (Å²) in [7, 11) is 2.07. The van der Waals surface area contributed by atoms with Crippen LogP contribution in [-0.4, -0.2) is 84.1 Å². The summed E-state index contributed by atoms with van der Waals surface area (Å²) in [4.78, 5) is 36.1. The molecule has 2 aromatic carbocycles. The Morgan fingerprint density at radius 3 is 2.26 bits per heavy atom. The summed E-state index contributed by atoms with van der Waals surface area (Å²) >= 11 is 0. The number of ether oxygens (including phenoxy) is 2. The summed E-state index contributed by atoms with van der Waals surface area (Å²) in [5.41, 5.74) is 4.17. The standard InChI is InChI=1S/C31H34N4O4/c1-33-15-17-35(18-16-33)30(37)27-9-7-25(20-32-27)24-8-10-28-26(19-24)21-38-31(39-28)23-11-13-34(14-12-23)29(36)22-5-3-2-4-6-22/h2-10,19-20,23,31H,11-18,21H2,1H3. The Hall–Kier alpha value is -3.75. The van der Waals surface area contributed by atoms with Crippen molar-refractivity contribution >= 4 is 11.8 Å². The van der Waals surface area contributed by atoms with Gasteiger partial charge in [-0.2, -0.15) is 0 Å². The van der Waals surface area contributed by atoms with Gasteiger partial charge in [0.25, 0.3) is 11.8 Å². The van der Waals surface area contributed by atoms with Crippen LogP contribution in [-0.2, 0) is 11.3 Å². The van der Waals surface area contributed by atoms with Crippen molar-refractivity contribution in [1.29, 1.82) is 0 Å². The van der Waals surface area contributed by atoms with E-state index in [0.717, 1.165) is 67.0 Å². The maximum atomic E-state index is 12.8. The molecule has 3 aliphatic heterocycles. The monoisotopic (exact) mass is 526 g/mol. The molecule has 8 heteroatoms. The number of likely N-dealkylation sites (N-methyl/N-ethyl adjacent to an activating group) is 1. The van der Waals surface area contributed by atoms with Crippen LogP contribution in [0.3, 0.4) is 0 Å². The first-order valence-electron chi connectivity index (χ1n) is 13.7. The molecular formula is C31H34N4O4. The Morgan fingerprint density at radius 1 is 0.821 bits per heavy atom. The number of carbonyl (C=O) groups is 2. The highest BCUT2D eigenvalue weighted by Gasteiger charge is 2.33. The molecule has 8 nitrogen and oxygen atoms in total. The van der Waals surface area contributed by atoms with E-state index >= 15 is 0 Å². The van der Waals surface area contributed by atoms with Crippen molar-refractivity contribution in [2.75, 3.05) is 46.3 Å². The van der Waals surface area contributed by atoms with Crippen LogP contribution in [0.25, 0.3) is 11.1 Å². The van der Waals surface area contributed by atoms with Gasteiger partial charge in [-0.25, -0.2) is 0 Å². The number of likely N-dealkylation sites (tertiary alicyclic amines) is 1. The molecule has 39 heavy (non-hydrogen) atoms. The summed E-state index contributed by atoms with van der Waals surface area (Å²) in [6.07, 6.45) is 3.16. The number of fused-ring (bicyclic) bond motifs is 1. The molecule has 4 heterocycles. The number of benzene rings is 2. The predicted molar refractivity (Wildman–Crippen MR) is 147 cm³/mol. The smallest absolute Gasteiger partial charge is 0.272 e. The van der Waals surface area contributed by atoms with Crippen LogP contribution in [0.1, 0.15) is 39.3 Å². The van der Waals surface area contributed by atoms with Crippen LogP contribution in [0, 0.1) is 5.92 Å². The zero-order valence-electron chi connectivity index (χ0n) is 22.3. The quantitative estimate of drug-likeness (QED) is 0.513. The molecule has 0 spiro atoms. The largest absolute Gasteiger partial charge is 0.464 e. The second-order valence-corrected chi connectivity index (χ2v) is 10.6. The number of piperazine rings is 1. The third-order valence-electron chi connectivity index (χ3n) is 8.05. The average Bonchev–Trinajstić information content (AvgIpc) is 3.01. The van der Waals surface area contributed by atoms with Crippen LogP contribution in [0.2, 0.25) is 0 Å². The number of hydrogen-bond acceptors (Lipinski definition) is 6. The molecule has 0 N–H and O–H groups in total. The maximum Gasteiger partial charge on any atom is 0.272 e. The van der Waals surface area contributed by atoms with Crippen molar-refractivity contribution < 1.29 is 19.1 Å². The van der Waals surface area contributed by atoms with Crippen molar-refractivity contribution in [3.63, 3.8) is 0 Å². The third-order valence-corrected chi connectivity index (χ3v) is 8.05. The number of hydrogen-bond donors (Lipinski definition) is 0. The van der Waals surface area contributed by atoms with Gasteiger partial charge in [0.1, 0.15) is 11.4 Å². The first-order chi connectivity index (χ1) is 19.0. The van der Waals surface area contributed by atoms with Crippen molar-refractivity contribution in [3.05, 3.63) is 83.7 Å². The molecule has 0 bridgehead atoms. The molecule has 3 aliphatic rings. The highest BCUT2D eigenvalue weighted by Crippen LogP contribution is 2.35. The molecular weight excluding hydrogens is 492 g/mol. The van der Waals surface area contributed by atoms with Crippen LogP contribution >= 0.6 is 0 Å². The highest BCUT2D eigenvalue weighted by atomic mass is 16.7. The van der Waals surface area contributed by atoms with E-state index in [0.29, 0.717) is 25.4 Å². The third kappa shape index (κ3) is 5.53. The normalized spacial score (nSPS) is 20.3. The van der Waals surface area contributed by atoms with Crippen LogP contribution in [0.4, 0.5) is 0 Å². The van der Waals surface area contributed by atoms with E-state index in [2.05, 4.69) is 23.0 Å². The van der Waals surface area contributed by atoms with Gasteiger partial charge in [-0.1, -0.05) is 30.3 Å². The summed E-state index contributed by atoms with van der Waals surface area (Å²) in [5.74, 6) is 1.16. The Kier molecular flexibility index (Phi) is 7.30. The van der Waals surface area contributed by atoms with E-state index < -0.39 is 0 Å². The van der Waals surface area contributed by atoms with Crippen LogP contribution in [0.5, 0.6) is 5.75 Å². The highest BCUT2D eigenvalue weighted by molar-refractivity contribution is 5.94. The van der Waals surface area contributed by atoms with Crippen molar-refractivity contribution in [3.8, 4) is 16.9 Å².